The number of hydrogen-bond donors (Lipinski definition) is 0. The van der Waals surface area contributed by atoms with Gasteiger partial charge >= 0.3 is 0 Å². The Kier molecular flexibility index (Phi) is 8.26. The van der Waals surface area contributed by atoms with Crippen LogP contribution in [0.5, 0.6) is 23.0 Å². The number of hydrogen-bond acceptors (Lipinski definition) is 3. The molecule has 1 unspecified atom stereocenters. The Balaban J connectivity index is 0.918. The summed E-state index contributed by atoms with van der Waals surface area (Å²) >= 11 is 0. The maximum absolute atomic E-state index is 7.20. The quantitative estimate of drug-likeness (QED) is 0.167. The predicted molar refractivity (Wildman–Crippen MR) is 261 cm³/mol. The molecule has 3 aliphatic carbocycles. The van der Waals surface area contributed by atoms with Gasteiger partial charge in [-0.15, -0.1) is 0 Å². The summed E-state index contributed by atoms with van der Waals surface area (Å²) in [5.74, 6) is 2.88. The van der Waals surface area contributed by atoms with E-state index in [1.807, 2.05) is 6.07 Å². The second kappa shape index (κ2) is 14.5. The average Bonchev–Trinajstić information content (AvgIpc) is 3.84. The summed E-state index contributed by atoms with van der Waals surface area (Å²) in [6.45, 7) is 0. The molecule has 0 fully saturated rings. The standard InChI is InChI=1S/C61H41NO2/c1-3-14-40(15-4-1)42-26-28-43(29-27-42)44-30-32-46(33-31-44)62(47-19-13-18-45(38-47)41-16-5-2-6-17-41)48-34-36-56-58(39-48)64-60-57(63-56)37-35-55-59(60)51-22-9-12-25-54(51)61(55)52-23-10-7-20-49(52)50-21-8-11-24-53(50)61/h1-10,12-23,25-39H,11,24H2. The molecule has 0 saturated heterocycles. The van der Waals surface area contributed by atoms with E-state index >= 15 is 0 Å². The van der Waals surface area contributed by atoms with Gasteiger partial charge in [-0.1, -0.05) is 176 Å². The van der Waals surface area contributed by atoms with Crippen LogP contribution in [0.25, 0.3) is 50.1 Å². The Morgan fingerprint density at radius 2 is 0.953 bits per heavy atom. The molecule has 0 saturated carbocycles. The van der Waals surface area contributed by atoms with Crippen LogP contribution >= 0.6 is 0 Å². The van der Waals surface area contributed by atoms with E-state index in [0.29, 0.717) is 11.5 Å². The van der Waals surface area contributed by atoms with E-state index in [1.54, 1.807) is 0 Å². The molecule has 0 aromatic heterocycles. The minimum absolute atomic E-state index is 0.389. The molecule has 1 aliphatic heterocycles. The van der Waals surface area contributed by atoms with E-state index in [2.05, 4.69) is 223 Å². The summed E-state index contributed by atoms with van der Waals surface area (Å²) in [4.78, 5) is 2.31. The van der Waals surface area contributed by atoms with E-state index in [4.69, 9.17) is 9.47 Å². The highest BCUT2D eigenvalue weighted by atomic mass is 16.6. The molecule has 1 spiro atoms. The average molecular weight is 820 g/mol. The molecule has 302 valence electrons. The third kappa shape index (κ3) is 5.54. The molecule has 64 heavy (non-hydrogen) atoms. The number of fused-ring (bicyclic) bond motifs is 12. The fourth-order valence-corrected chi connectivity index (χ4v) is 10.8. The lowest BCUT2D eigenvalue weighted by Crippen LogP contribution is -2.27. The highest BCUT2D eigenvalue weighted by molar-refractivity contribution is 5.99. The summed E-state index contributed by atoms with van der Waals surface area (Å²) < 4.78 is 14.0. The Morgan fingerprint density at radius 1 is 0.391 bits per heavy atom. The molecule has 9 aromatic carbocycles. The second-order valence-electron chi connectivity index (χ2n) is 17.1. The van der Waals surface area contributed by atoms with Gasteiger partial charge in [0.15, 0.2) is 23.0 Å². The van der Waals surface area contributed by atoms with Gasteiger partial charge in [0.1, 0.15) is 0 Å². The molecule has 1 heterocycles. The predicted octanol–water partition coefficient (Wildman–Crippen LogP) is 16.5. The van der Waals surface area contributed by atoms with Crippen LogP contribution in [0.1, 0.15) is 35.1 Å². The highest BCUT2D eigenvalue weighted by Gasteiger charge is 2.54. The van der Waals surface area contributed by atoms with E-state index in [0.717, 1.165) is 58.1 Å². The van der Waals surface area contributed by atoms with E-state index in [-0.39, 0.29) is 5.41 Å². The monoisotopic (exact) mass is 819 g/mol. The lowest BCUT2D eigenvalue weighted by Gasteiger charge is -2.34. The molecule has 9 aromatic rings. The SMILES string of the molecule is C1=CC2=C(CC1)C1(c3ccccc32)c2ccccc2-c2c1ccc1c2Oc2cc(N(c3ccc(-c4ccc(-c5ccccc5)cc4)cc3)c3cccc(-c4ccccc4)c3)ccc2O1. The third-order valence-corrected chi connectivity index (χ3v) is 13.7. The Labute approximate surface area is 373 Å². The van der Waals surface area contributed by atoms with Gasteiger partial charge in [-0.05, 0) is 128 Å². The van der Waals surface area contributed by atoms with Gasteiger partial charge in [0.2, 0.25) is 0 Å². The lowest BCUT2D eigenvalue weighted by molar-refractivity contribution is 0.360. The zero-order valence-corrected chi connectivity index (χ0v) is 35.0. The van der Waals surface area contributed by atoms with Gasteiger partial charge in [0, 0.05) is 23.0 Å². The smallest absolute Gasteiger partial charge is 0.178 e. The van der Waals surface area contributed by atoms with Gasteiger partial charge in [-0.3, -0.25) is 0 Å². The number of rotatable bonds is 6. The minimum Gasteiger partial charge on any atom is -0.449 e. The minimum atomic E-state index is -0.389. The van der Waals surface area contributed by atoms with Crippen molar-refractivity contribution >= 4 is 22.6 Å². The topological polar surface area (TPSA) is 21.7 Å². The number of ether oxygens (including phenoxy) is 2. The fourth-order valence-electron chi connectivity index (χ4n) is 10.8. The zero-order chi connectivity index (χ0) is 42.2. The summed E-state index contributed by atoms with van der Waals surface area (Å²) in [6.07, 6.45) is 6.72. The van der Waals surface area contributed by atoms with Crippen molar-refractivity contribution in [2.75, 3.05) is 4.90 Å². The first kappa shape index (κ1) is 36.5. The first-order valence-electron chi connectivity index (χ1n) is 22.2. The summed E-state index contributed by atoms with van der Waals surface area (Å²) in [5.41, 5.74) is 20.1. The molecule has 3 heteroatoms. The Hall–Kier alpha value is -8.14. The van der Waals surface area contributed by atoms with Crippen molar-refractivity contribution in [2.45, 2.75) is 18.3 Å². The van der Waals surface area contributed by atoms with Crippen molar-refractivity contribution in [3.8, 4) is 67.5 Å². The molecule has 0 amide bonds. The fraction of sp³-hybridized carbons (Fsp3) is 0.0492. The molecular weight excluding hydrogens is 779 g/mol. The number of nitrogens with zero attached hydrogens (tertiary/aromatic N) is 1. The summed E-state index contributed by atoms with van der Waals surface area (Å²) in [7, 11) is 0. The van der Waals surface area contributed by atoms with Crippen LogP contribution in [0.4, 0.5) is 17.1 Å². The zero-order valence-electron chi connectivity index (χ0n) is 35.0. The summed E-state index contributed by atoms with van der Waals surface area (Å²) in [6, 6.07) is 76.2. The van der Waals surface area contributed by atoms with Crippen LogP contribution in [-0.4, -0.2) is 0 Å². The van der Waals surface area contributed by atoms with Crippen molar-refractivity contribution in [3.63, 3.8) is 0 Å². The van der Waals surface area contributed by atoms with Crippen LogP contribution in [0.3, 0.4) is 0 Å². The Bertz CT molecular complexity index is 3370. The van der Waals surface area contributed by atoms with Crippen molar-refractivity contribution < 1.29 is 9.47 Å². The van der Waals surface area contributed by atoms with Crippen molar-refractivity contribution in [2.24, 2.45) is 0 Å². The van der Waals surface area contributed by atoms with Crippen LogP contribution in [0.15, 0.2) is 230 Å². The van der Waals surface area contributed by atoms with Gasteiger partial charge in [-0.25, -0.2) is 0 Å². The van der Waals surface area contributed by atoms with E-state index in [1.165, 1.54) is 61.2 Å². The largest absolute Gasteiger partial charge is 0.449 e. The molecular formula is C61H41NO2. The first-order chi connectivity index (χ1) is 31.7. The number of allylic oxidation sites excluding steroid dienone is 4. The van der Waals surface area contributed by atoms with Crippen LogP contribution in [0, 0.1) is 0 Å². The van der Waals surface area contributed by atoms with Crippen molar-refractivity contribution in [1.82, 2.24) is 0 Å². The second-order valence-corrected chi connectivity index (χ2v) is 17.1. The van der Waals surface area contributed by atoms with Crippen molar-refractivity contribution in [1.29, 1.82) is 0 Å². The number of anilines is 3. The highest BCUT2D eigenvalue weighted by Crippen LogP contribution is 2.67. The molecule has 13 rings (SSSR count). The maximum atomic E-state index is 7.20. The summed E-state index contributed by atoms with van der Waals surface area (Å²) in [5, 5.41) is 0. The third-order valence-electron chi connectivity index (χ3n) is 13.7. The van der Waals surface area contributed by atoms with E-state index in [9.17, 15) is 0 Å². The molecule has 1 atom stereocenters. The Morgan fingerprint density at radius 3 is 1.69 bits per heavy atom. The van der Waals surface area contributed by atoms with Crippen LogP contribution < -0.4 is 14.4 Å². The molecule has 0 bridgehead atoms. The van der Waals surface area contributed by atoms with Gasteiger partial charge in [0.25, 0.3) is 0 Å². The molecule has 0 N–H and O–H groups in total. The van der Waals surface area contributed by atoms with Gasteiger partial charge in [0.05, 0.1) is 11.1 Å². The van der Waals surface area contributed by atoms with Gasteiger partial charge < -0.3 is 14.4 Å². The molecule has 0 radical (unpaired) electrons. The van der Waals surface area contributed by atoms with Gasteiger partial charge in [-0.2, -0.15) is 0 Å². The number of benzene rings is 9. The molecule has 3 nitrogen and oxygen atoms in total. The van der Waals surface area contributed by atoms with Crippen LogP contribution in [0.2, 0.25) is 0 Å². The maximum Gasteiger partial charge on any atom is 0.178 e. The molecule has 4 aliphatic rings. The normalized spacial score (nSPS) is 15.9. The van der Waals surface area contributed by atoms with Crippen molar-refractivity contribution in [3.05, 3.63) is 252 Å². The van der Waals surface area contributed by atoms with Crippen LogP contribution in [-0.2, 0) is 5.41 Å². The lowest BCUT2D eigenvalue weighted by atomic mass is 9.68. The first-order valence-corrected chi connectivity index (χ1v) is 22.2. The van der Waals surface area contributed by atoms with E-state index < -0.39 is 0 Å².